The molecule has 1 heterocycles. The lowest BCUT2D eigenvalue weighted by Gasteiger charge is -2.25. The average Bonchev–Trinajstić information content (AvgIpc) is 4.01. The van der Waals surface area contributed by atoms with Gasteiger partial charge in [-0.25, -0.2) is 0 Å². The Morgan fingerprint density at radius 3 is 0.741 bits per heavy atom. The van der Waals surface area contributed by atoms with Gasteiger partial charge in [0.2, 0.25) is 0 Å². The molecule has 0 saturated heterocycles. The lowest BCUT2D eigenvalue weighted by Crippen LogP contribution is -2.16. The summed E-state index contributed by atoms with van der Waals surface area (Å²) in [5.41, 5.74) is 8.63. The Kier molecular flexibility index (Phi) is 13.8. The number of rotatable bonds is 4. The molecule has 5 aliphatic rings. The summed E-state index contributed by atoms with van der Waals surface area (Å²) in [7, 11) is 6.92. The first-order valence-corrected chi connectivity index (χ1v) is 19.3. The van der Waals surface area contributed by atoms with E-state index in [0.29, 0.717) is 129 Å². The van der Waals surface area contributed by atoms with Crippen LogP contribution in [0.15, 0.2) is 24.3 Å². The van der Waals surface area contributed by atoms with Crippen LogP contribution in [0, 0.1) is 0 Å². The maximum atomic E-state index is 6.16. The van der Waals surface area contributed by atoms with Crippen LogP contribution in [-0.4, -0.2) is 108 Å². The molecule has 7 rings (SSSR count). The predicted molar refractivity (Wildman–Crippen MR) is 199 cm³/mol. The van der Waals surface area contributed by atoms with Gasteiger partial charge in [0, 0.05) is 68.2 Å². The second-order valence-electron chi connectivity index (χ2n) is 14.0. The van der Waals surface area contributed by atoms with Crippen molar-refractivity contribution in [2.24, 2.45) is 0 Å². The zero-order valence-corrected chi connectivity index (χ0v) is 32.2. The second-order valence-corrected chi connectivity index (χ2v) is 14.0. The average molecular weight is 753 g/mol. The normalized spacial score (nSPS) is 25.6. The Morgan fingerprint density at radius 1 is 0.333 bits per heavy atom. The molecular weight excluding hydrogens is 696 g/mol. The van der Waals surface area contributed by atoms with E-state index in [1.807, 2.05) is 0 Å². The van der Waals surface area contributed by atoms with Crippen molar-refractivity contribution in [3.05, 3.63) is 68.8 Å². The van der Waals surface area contributed by atoms with Crippen LogP contribution in [0.4, 0.5) is 0 Å². The molecule has 296 valence electrons. The van der Waals surface area contributed by atoms with Crippen molar-refractivity contribution in [2.75, 3.05) is 108 Å². The monoisotopic (exact) mass is 752 g/mol. The first-order chi connectivity index (χ1) is 26.7. The maximum Gasteiger partial charge on any atom is 0.129 e. The standard InChI is InChI=1S/C42H56O12/c1-43-39-31-23-51-17-13-47-9-10-49-15-19-53-25-33-34(42(46-4)38-30-8-7-29(22-30)37(38)41(33)45-3)26-54-20-16-50-12-11-48-14-18-52-24-32(31)40(44-2)36-28-6-5-27(21-28)35(36)39/h5-8,27-30H,9-26H2,1-4H3. The number of hydrogen-bond donors (Lipinski definition) is 0. The van der Waals surface area contributed by atoms with Crippen LogP contribution in [0.3, 0.4) is 0 Å². The van der Waals surface area contributed by atoms with Crippen LogP contribution in [0.2, 0.25) is 0 Å². The Bertz CT molecular complexity index is 1400. The van der Waals surface area contributed by atoms with E-state index in [1.54, 1.807) is 28.4 Å². The molecule has 12 nitrogen and oxygen atoms in total. The number of methoxy groups -OCH3 is 4. The summed E-state index contributed by atoms with van der Waals surface area (Å²) in [5, 5.41) is 0. The summed E-state index contributed by atoms with van der Waals surface area (Å²) in [6, 6.07) is 0. The third-order valence-corrected chi connectivity index (χ3v) is 11.1. The molecule has 2 aromatic rings. The lowest BCUT2D eigenvalue weighted by molar-refractivity contribution is -0.0104. The minimum Gasteiger partial charge on any atom is -0.496 e. The van der Waals surface area contributed by atoms with Crippen molar-refractivity contribution in [1.29, 1.82) is 0 Å². The van der Waals surface area contributed by atoms with Gasteiger partial charge in [0.1, 0.15) is 23.0 Å². The zero-order chi connectivity index (χ0) is 37.3. The smallest absolute Gasteiger partial charge is 0.129 e. The summed E-state index contributed by atoms with van der Waals surface area (Å²) in [4.78, 5) is 0. The third-order valence-electron chi connectivity index (χ3n) is 11.1. The van der Waals surface area contributed by atoms with Gasteiger partial charge < -0.3 is 56.8 Å². The molecule has 12 heteroatoms. The van der Waals surface area contributed by atoms with Crippen molar-refractivity contribution in [3.63, 3.8) is 0 Å². The van der Waals surface area contributed by atoms with Gasteiger partial charge >= 0.3 is 0 Å². The number of hydrogen-bond acceptors (Lipinski definition) is 12. The van der Waals surface area contributed by atoms with Gasteiger partial charge in [0.05, 0.1) is 134 Å². The Labute approximate surface area is 318 Å². The highest BCUT2D eigenvalue weighted by Crippen LogP contribution is 2.59. The molecule has 0 N–H and O–H groups in total. The van der Waals surface area contributed by atoms with Crippen LogP contribution in [0.5, 0.6) is 23.0 Å². The highest BCUT2D eigenvalue weighted by molar-refractivity contribution is 5.68. The largest absolute Gasteiger partial charge is 0.496 e. The van der Waals surface area contributed by atoms with Gasteiger partial charge in [0.25, 0.3) is 0 Å². The minimum atomic E-state index is 0.317. The summed E-state index contributed by atoms with van der Waals surface area (Å²) in [5.74, 6) is 4.73. The van der Waals surface area contributed by atoms with Crippen LogP contribution < -0.4 is 18.9 Å². The lowest BCUT2D eigenvalue weighted by atomic mass is 9.89. The van der Waals surface area contributed by atoms with Crippen LogP contribution >= 0.6 is 0 Å². The second kappa shape index (κ2) is 19.1. The molecular formula is C42H56O12. The Balaban J connectivity index is 0.986. The summed E-state index contributed by atoms with van der Waals surface area (Å²) >= 11 is 0. The van der Waals surface area contributed by atoms with E-state index in [0.717, 1.165) is 58.1 Å². The SMILES string of the molecule is COc1c2c(c(OC)c3c1C1C=CC3C1)COCCOCCOCCOCc1c(c(OC)c3c(c1OC)C1C=CC3C1)COCCOCCOCCOC2. The molecule has 0 saturated carbocycles. The van der Waals surface area contributed by atoms with E-state index in [-0.39, 0.29) is 0 Å². The van der Waals surface area contributed by atoms with Gasteiger partial charge in [-0.05, 0) is 12.8 Å². The zero-order valence-electron chi connectivity index (χ0n) is 32.2. The summed E-state index contributed by atoms with van der Waals surface area (Å²) < 4.78 is 72.2. The molecule has 4 aliphatic carbocycles. The number of fused-ring (bicyclic) bond motifs is 12. The van der Waals surface area contributed by atoms with E-state index in [9.17, 15) is 0 Å². The van der Waals surface area contributed by atoms with Gasteiger partial charge in [-0.3, -0.25) is 0 Å². The van der Waals surface area contributed by atoms with Gasteiger partial charge in [0.15, 0.2) is 0 Å². The van der Waals surface area contributed by atoms with Crippen molar-refractivity contribution >= 4 is 0 Å². The molecule has 4 bridgehead atoms. The van der Waals surface area contributed by atoms with Gasteiger partial charge in [-0.1, -0.05) is 24.3 Å². The fourth-order valence-electron chi connectivity index (χ4n) is 8.77. The molecule has 0 fully saturated rings. The quantitative estimate of drug-likeness (QED) is 0.350. The predicted octanol–water partition coefficient (Wildman–Crippen LogP) is 5.85. The summed E-state index contributed by atoms with van der Waals surface area (Å²) in [6.07, 6.45) is 11.2. The molecule has 4 unspecified atom stereocenters. The first kappa shape index (κ1) is 39.1. The summed E-state index contributed by atoms with van der Waals surface area (Å²) in [6.45, 7) is 6.63. The molecule has 1 aliphatic heterocycles. The topological polar surface area (TPSA) is 111 Å². The molecule has 0 aromatic heterocycles. The molecule has 2 aromatic carbocycles. The van der Waals surface area contributed by atoms with E-state index < -0.39 is 0 Å². The van der Waals surface area contributed by atoms with Crippen LogP contribution in [0.1, 0.15) is 81.0 Å². The van der Waals surface area contributed by atoms with Gasteiger partial charge in [-0.2, -0.15) is 0 Å². The van der Waals surface area contributed by atoms with Gasteiger partial charge in [-0.15, -0.1) is 0 Å². The molecule has 0 radical (unpaired) electrons. The molecule has 0 amide bonds. The minimum absolute atomic E-state index is 0.317. The fourth-order valence-corrected chi connectivity index (χ4v) is 8.77. The number of allylic oxidation sites excluding steroid dienone is 4. The van der Waals surface area contributed by atoms with E-state index >= 15 is 0 Å². The van der Waals surface area contributed by atoms with Crippen molar-refractivity contribution in [2.45, 2.75) is 62.9 Å². The molecule has 0 spiro atoms. The van der Waals surface area contributed by atoms with E-state index in [2.05, 4.69) is 24.3 Å². The highest BCUT2D eigenvalue weighted by Gasteiger charge is 2.42. The fraction of sp³-hybridized carbons (Fsp3) is 0.619. The molecule has 54 heavy (non-hydrogen) atoms. The van der Waals surface area contributed by atoms with Crippen molar-refractivity contribution in [1.82, 2.24) is 0 Å². The Hall–Kier alpha value is -3.20. The number of benzene rings is 2. The Morgan fingerprint density at radius 2 is 0.537 bits per heavy atom. The number of ether oxygens (including phenoxy) is 12. The van der Waals surface area contributed by atoms with Crippen molar-refractivity contribution < 1.29 is 56.8 Å². The maximum absolute atomic E-state index is 6.16. The van der Waals surface area contributed by atoms with E-state index in [1.165, 1.54) is 22.3 Å². The van der Waals surface area contributed by atoms with Crippen molar-refractivity contribution in [3.8, 4) is 23.0 Å². The van der Waals surface area contributed by atoms with E-state index in [4.69, 9.17) is 56.8 Å². The highest BCUT2D eigenvalue weighted by atomic mass is 16.6. The third kappa shape index (κ3) is 8.17. The van der Waals surface area contributed by atoms with Crippen LogP contribution in [0.25, 0.3) is 0 Å². The van der Waals surface area contributed by atoms with Crippen LogP contribution in [-0.2, 0) is 64.3 Å². The first-order valence-electron chi connectivity index (χ1n) is 19.3. The molecule has 4 atom stereocenters.